The lowest BCUT2D eigenvalue weighted by atomic mass is 9.86. The molecule has 0 aromatic heterocycles. The summed E-state index contributed by atoms with van der Waals surface area (Å²) in [7, 11) is 0. The maximum atomic E-state index is 11.9. The van der Waals surface area contributed by atoms with Gasteiger partial charge >= 0.3 is 11.9 Å². The third-order valence-corrected chi connectivity index (χ3v) is 2.34. The lowest BCUT2D eigenvalue weighted by Gasteiger charge is -2.20. The average molecular weight is 280 g/mol. The molecule has 0 aliphatic carbocycles. The fourth-order valence-electron chi connectivity index (χ4n) is 1.33. The summed E-state index contributed by atoms with van der Waals surface area (Å²) in [6.45, 7) is 5.10. The summed E-state index contributed by atoms with van der Waals surface area (Å²) in [5, 5.41) is 8.26. The van der Waals surface area contributed by atoms with Gasteiger partial charge in [0.15, 0.2) is 5.75 Å². The Kier molecular flexibility index (Phi) is 5.28. The molecule has 0 spiro atoms. The van der Waals surface area contributed by atoms with E-state index in [1.54, 1.807) is 51.1 Å². The van der Waals surface area contributed by atoms with Crippen LogP contribution in [0.3, 0.4) is 0 Å². The highest BCUT2D eigenvalue weighted by Gasteiger charge is 2.28. The molecule has 0 aliphatic rings. The van der Waals surface area contributed by atoms with Gasteiger partial charge in [-0.1, -0.05) is 39.0 Å². The molecule has 0 radical (unpaired) electrons. The number of hydrogen-bond donors (Lipinski definition) is 1. The molecule has 6 heteroatoms. The van der Waals surface area contributed by atoms with Crippen LogP contribution in [0.2, 0.25) is 0 Å². The number of para-hydroxylation sites is 1. The van der Waals surface area contributed by atoms with Gasteiger partial charge in [-0.25, -0.2) is 14.5 Å². The van der Waals surface area contributed by atoms with E-state index in [4.69, 9.17) is 10.1 Å². The Morgan fingerprint density at radius 3 is 2.25 bits per heavy atom. The first kappa shape index (κ1) is 15.7. The Balaban J connectivity index is 2.80. The molecule has 0 aliphatic heterocycles. The fourth-order valence-corrected chi connectivity index (χ4v) is 1.33. The van der Waals surface area contributed by atoms with E-state index < -0.39 is 17.4 Å². The Bertz CT molecular complexity index is 498. The fraction of sp³-hybridized carbons (Fsp3) is 0.286. The minimum Gasteiger partial charge on any atom is -0.296 e. The molecule has 20 heavy (non-hydrogen) atoms. The van der Waals surface area contributed by atoms with E-state index in [1.165, 1.54) is 0 Å². The molecule has 1 aromatic carbocycles. The van der Waals surface area contributed by atoms with Crippen LogP contribution in [0.1, 0.15) is 20.8 Å². The minimum atomic E-state index is -1.06. The zero-order valence-electron chi connectivity index (χ0n) is 11.5. The van der Waals surface area contributed by atoms with Crippen molar-refractivity contribution in [2.24, 2.45) is 5.41 Å². The summed E-state index contributed by atoms with van der Waals surface area (Å²) in [4.78, 5) is 36.0. The van der Waals surface area contributed by atoms with Gasteiger partial charge in [-0.05, 0) is 17.5 Å². The molecule has 1 aromatic rings. The molecule has 0 saturated carbocycles. The number of rotatable bonds is 4. The van der Waals surface area contributed by atoms with Crippen molar-refractivity contribution in [3.8, 4) is 5.75 Å². The number of carbonyl (C=O) groups is 2. The van der Waals surface area contributed by atoms with Crippen molar-refractivity contribution in [2.45, 2.75) is 20.8 Å². The monoisotopic (exact) mass is 280 g/mol. The Hall–Kier alpha value is -2.34. The summed E-state index contributed by atoms with van der Waals surface area (Å²) in [6.07, 6.45) is 0.858. The molecule has 0 amide bonds. The predicted octanol–water partition coefficient (Wildman–Crippen LogP) is 2.51. The lowest BCUT2D eigenvalue weighted by molar-refractivity contribution is -0.228. The first-order valence-electron chi connectivity index (χ1n) is 5.86. The molecule has 0 heterocycles. The zero-order valence-corrected chi connectivity index (χ0v) is 11.5. The first-order valence-corrected chi connectivity index (χ1v) is 5.86. The molecular weight excluding hydrogens is 264 g/mol. The van der Waals surface area contributed by atoms with Crippen LogP contribution in [0, 0.1) is 5.41 Å². The minimum absolute atomic E-state index is 0.00693. The van der Waals surface area contributed by atoms with E-state index in [0.29, 0.717) is 5.75 Å². The Labute approximate surface area is 116 Å². The van der Waals surface area contributed by atoms with Crippen LogP contribution in [0.15, 0.2) is 42.0 Å². The van der Waals surface area contributed by atoms with Crippen LogP contribution < -0.4 is 4.89 Å². The third kappa shape index (κ3) is 4.74. The van der Waals surface area contributed by atoms with Crippen LogP contribution in [-0.2, 0) is 19.4 Å². The molecule has 0 fully saturated rings. The van der Waals surface area contributed by atoms with Crippen LogP contribution in [0.25, 0.3) is 0 Å². The van der Waals surface area contributed by atoms with Gasteiger partial charge in [0, 0.05) is 6.08 Å². The van der Waals surface area contributed by atoms with Crippen molar-refractivity contribution in [2.75, 3.05) is 0 Å². The van der Waals surface area contributed by atoms with Crippen LogP contribution in [-0.4, -0.2) is 17.2 Å². The zero-order chi connectivity index (χ0) is 15.2. The van der Waals surface area contributed by atoms with Crippen LogP contribution in [0.4, 0.5) is 0 Å². The largest absolute Gasteiger partial charge is 0.382 e. The van der Waals surface area contributed by atoms with Crippen LogP contribution in [0.5, 0.6) is 5.75 Å². The van der Waals surface area contributed by atoms with Gasteiger partial charge in [-0.2, -0.15) is 5.26 Å². The Morgan fingerprint density at radius 1 is 1.15 bits per heavy atom. The van der Waals surface area contributed by atoms with Crippen molar-refractivity contribution in [1.82, 2.24) is 0 Å². The first-order chi connectivity index (χ1) is 9.34. The highest BCUT2D eigenvalue weighted by Crippen LogP contribution is 2.26. The normalized spacial score (nSPS) is 11.7. The molecule has 6 nitrogen and oxygen atoms in total. The molecule has 1 N–H and O–H groups in total. The lowest BCUT2D eigenvalue weighted by Crippen LogP contribution is -2.23. The number of carbonyl (C=O) groups excluding carboxylic acids is 2. The molecule has 108 valence electrons. The van der Waals surface area contributed by atoms with E-state index >= 15 is 0 Å². The van der Waals surface area contributed by atoms with E-state index in [2.05, 4.69) is 9.78 Å². The van der Waals surface area contributed by atoms with Gasteiger partial charge in [-0.3, -0.25) is 9.78 Å². The second-order valence-corrected chi connectivity index (χ2v) is 4.99. The second kappa shape index (κ2) is 6.72. The van der Waals surface area contributed by atoms with Gasteiger partial charge in [0.1, 0.15) is 0 Å². The molecular formula is C14H16O6. The summed E-state index contributed by atoms with van der Waals surface area (Å²) in [5.74, 6) is -1.56. The van der Waals surface area contributed by atoms with Crippen LogP contribution >= 0.6 is 0 Å². The van der Waals surface area contributed by atoms with E-state index in [-0.39, 0.29) is 5.57 Å². The summed E-state index contributed by atoms with van der Waals surface area (Å²) < 4.78 is 0. The van der Waals surface area contributed by atoms with Gasteiger partial charge in [-0.15, -0.1) is 0 Å². The third-order valence-electron chi connectivity index (χ3n) is 2.34. The average Bonchev–Trinajstić information content (AvgIpc) is 2.41. The van der Waals surface area contributed by atoms with Crippen molar-refractivity contribution >= 4 is 11.9 Å². The summed E-state index contributed by atoms with van der Waals surface area (Å²) >= 11 is 0. The summed E-state index contributed by atoms with van der Waals surface area (Å²) in [6, 6.07) is 8.43. The van der Waals surface area contributed by atoms with E-state index in [1.807, 2.05) is 0 Å². The number of benzene rings is 1. The molecule has 0 atom stereocenters. The maximum Gasteiger partial charge on any atom is 0.382 e. The maximum absolute atomic E-state index is 11.9. The van der Waals surface area contributed by atoms with Crippen molar-refractivity contribution in [1.29, 1.82) is 0 Å². The van der Waals surface area contributed by atoms with Gasteiger partial charge < -0.3 is 0 Å². The highest BCUT2D eigenvalue weighted by molar-refractivity contribution is 5.96. The van der Waals surface area contributed by atoms with Crippen molar-refractivity contribution in [3.63, 3.8) is 0 Å². The van der Waals surface area contributed by atoms with Gasteiger partial charge in [0.2, 0.25) is 0 Å². The Morgan fingerprint density at radius 2 is 1.75 bits per heavy atom. The molecule has 0 saturated heterocycles. The van der Waals surface area contributed by atoms with E-state index in [0.717, 1.165) is 6.08 Å². The quantitative estimate of drug-likeness (QED) is 0.518. The molecule has 0 unspecified atom stereocenters. The molecule has 0 bridgehead atoms. The second-order valence-electron chi connectivity index (χ2n) is 4.99. The number of hydrogen-bond acceptors (Lipinski definition) is 6. The molecule has 1 rings (SSSR count). The van der Waals surface area contributed by atoms with Crippen molar-refractivity contribution < 1.29 is 29.5 Å². The topological polar surface area (TPSA) is 82.1 Å². The van der Waals surface area contributed by atoms with E-state index in [9.17, 15) is 9.59 Å². The standard InChI is InChI=1S/C14H16O6/c1-14(2,3)11(9-12(15)18-17)13(16)20-19-10-7-5-4-6-8-10/h4-9,17H,1-3H3. The predicted molar refractivity (Wildman–Crippen MR) is 69.4 cm³/mol. The highest BCUT2D eigenvalue weighted by atomic mass is 17.2. The summed E-state index contributed by atoms with van der Waals surface area (Å²) in [5.41, 5.74) is -0.682. The van der Waals surface area contributed by atoms with Gasteiger partial charge in [0.25, 0.3) is 0 Å². The van der Waals surface area contributed by atoms with Gasteiger partial charge in [0.05, 0.1) is 5.57 Å². The smallest absolute Gasteiger partial charge is 0.296 e. The SMILES string of the molecule is CC(C)(C)C(=CC(=O)OO)C(=O)OOc1ccccc1. The van der Waals surface area contributed by atoms with Crippen molar-refractivity contribution in [3.05, 3.63) is 42.0 Å².